The fraction of sp³-hybridized carbons (Fsp3) is 0.400. The molecule has 0 N–H and O–H groups in total. The average molecular weight is 138 g/mol. The van der Waals surface area contributed by atoms with Gasteiger partial charge in [-0.2, -0.15) is 13.2 Å². The minimum absolute atomic E-state index is 0.0880. The Kier molecular flexibility index (Phi) is 2.42. The number of carbonyl (C=O) groups excluding carboxylic acids is 1. The van der Waals surface area contributed by atoms with E-state index in [2.05, 4.69) is 0 Å². The van der Waals surface area contributed by atoms with E-state index in [1.54, 1.807) is 0 Å². The van der Waals surface area contributed by atoms with Gasteiger partial charge in [0, 0.05) is 6.08 Å². The molecule has 0 saturated carbocycles. The van der Waals surface area contributed by atoms with Crippen molar-refractivity contribution in [2.24, 2.45) is 0 Å². The van der Waals surface area contributed by atoms with Crippen LogP contribution in [0.25, 0.3) is 0 Å². The summed E-state index contributed by atoms with van der Waals surface area (Å²) in [5.74, 6) is -0.604. The van der Waals surface area contributed by atoms with Crippen molar-refractivity contribution in [1.29, 1.82) is 0 Å². The van der Waals surface area contributed by atoms with Gasteiger partial charge >= 0.3 is 6.18 Å². The molecule has 0 aromatic rings. The van der Waals surface area contributed by atoms with E-state index in [0.29, 0.717) is 6.08 Å². The van der Waals surface area contributed by atoms with Crippen LogP contribution in [-0.2, 0) is 4.79 Å². The number of ketones is 1. The topological polar surface area (TPSA) is 17.1 Å². The molecule has 0 aliphatic heterocycles. The van der Waals surface area contributed by atoms with Crippen LogP contribution >= 0.6 is 0 Å². The first-order valence-electron chi connectivity index (χ1n) is 2.18. The molecular formula is C5H5F3O. The van der Waals surface area contributed by atoms with Crippen LogP contribution in [-0.4, -0.2) is 12.0 Å². The van der Waals surface area contributed by atoms with E-state index in [-0.39, 0.29) is 6.08 Å². The van der Waals surface area contributed by atoms with E-state index >= 15 is 0 Å². The fourth-order valence-corrected chi connectivity index (χ4v) is 0.212. The lowest BCUT2D eigenvalue weighted by atomic mass is 10.4. The van der Waals surface area contributed by atoms with E-state index < -0.39 is 12.0 Å². The van der Waals surface area contributed by atoms with Gasteiger partial charge in [0.15, 0.2) is 5.78 Å². The average Bonchev–Trinajstić information content (AvgIpc) is 1.59. The lowest BCUT2D eigenvalue weighted by Gasteiger charge is -1.94. The van der Waals surface area contributed by atoms with Crippen molar-refractivity contribution in [1.82, 2.24) is 0 Å². The molecule has 0 saturated heterocycles. The predicted octanol–water partition coefficient (Wildman–Crippen LogP) is 1.69. The molecule has 0 aliphatic rings. The quantitative estimate of drug-likeness (QED) is 0.504. The van der Waals surface area contributed by atoms with Gasteiger partial charge in [0.2, 0.25) is 0 Å². The van der Waals surface area contributed by atoms with Gasteiger partial charge < -0.3 is 0 Å². The number of carbonyl (C=O) groups is 1. The summed E-state index contributed by atoms with van der Waals surface area (Å²) in [6.07, 6.45) is -3.97. The molecule has 0 spiro atoms. The second kappa shape index (κ2) is 2.66. The summed E-state index contributed by atoms with van der Waals surface area (Å²) in [6.45, 7) is 1.06. The number of alkyl halides is 3. The summed E-state index contributed by atoms with van der Waals surface area (Å²) in [6, 6.07) is 0. The lowest BCUT2D eigenvalue weighted by molar-refractivity contribution is -0.113. The molecular weight excluding hydrogens is 133 g/mol. The number of rotatable bonds is 1. The maximum absolute atomic E-state index is 11.2. The minimum atomic E-state index is -4.37. The van der Waals surface area contributed by atoms with Gasteiger partial charge in [-0.1, -0.05) is 0 Å². The zero-order chi connectivity index (χ0) is 7.49. The highest BCUT2D eigenvalue weighted by Crippen LogP contribution is 2.15. The van der Waals surface area contributed by atoms with E-state index in [1.165, 1.54) is 0 Å². The summed E-state index contributed by atoms with van der Waals surface area (Å²) in [5.41, 5.74) is 0. The highest BCUT2D eigenvalue weighted by atomic mass is 19.4. The van der Waals surface area contributed by atoms with Crippen LogP contribution < -0.4 is 0 Å². The SMILES string of the molecule is CC(=O)/C=C/C(F)(F)F. The van der Waals surface area contributed by atoms with Crippen LogP contribution in [0, 0.1) is 0 Å². The molecule has 0 atom stereocenters. The molecule has 52 valence electrons. The van der Waals surface area contributed by atoms with Gasteiger partial charge in [-0.15, -0.1) is 0 Å². The molecule has 1 nitrogen and oxygen atoms in total. The fourth-order valence-electron chi connectivity index (χ4n) is 0.212. The van der Waals surface area contributed by atoms with Crippen LogP contribution in [0.5, 0.6) is 0 Å². The Balaban J connectivity index is 3.86. The second-order valence-electron chi connectivity index (χ2n) is 1.49. The molecule has 0 fully saturated rings. The van der Waals surface area contributed by atoms with E-state index in [1.807, 2.05) is 0 Å². The van der Waals surface area contributed by atoms with Crippen molar-refractivity contribution in [2.75, 3.05) is 0 Å². The summed E-state index contributed by atoms with van der Waals surface area (Å²) in [4.78, 5) is 9.90. The highest BCUT2D eigenvalue weighted by Gasteiger charge is 2.21. The van der Waals surface area contributed by atoms with Crippen LogP contribution in [0.3, 0.4) is 0 Å². The smallest absolute Gasteiger partial charge is 0.295 e. The highest BCUT2D eigenvalue weighted by molar-refractivity contribution is 5.87. The van der Waals surface area contributed by atoms with Crippen molar-refractivity contribution in [3.05, 3.63) is 12.2 Å². The van der Waals surface area contributed by atoms with Gasteiger partial charge in [-0.05, 0) is 13.0 Å². The predicted molar refractivity (Wildman–Crippen MR) is 25.9 cm³/mol. The Hall–Kier alpha value is -0.800. The van der Waals surface area contributed by atoms with Gasteiger partial charge in [-0.3, -0.25) is 4.79 Å². The Bertz CT molecular complexity index is 134. The Morgan fingerprint density at radius 1 is 1.44 bits per heavy atom. The van der Waals surface area contributed by atoms with E-state index in [9.17, 15) is 18.0 Å². The van der Waals surface area contributed by atoms with Crippen molar-refractivity contribution < 1.29 is 18.0 Å². The molecule has 9 heavy (non-hydrogen) atoms. The first kappa shape index (κ1) is 8.20. The van der Waals surface area contributed by atoms with Crippen molar-refractivity contribution in [3.63, 3.8) is 0 Å². The third-order valence-electron chi connectivity index (χ3n) is 0.507. The van der Waals surface area contributed by atoms with Gasteiger partial charge in [0.25, 0.3) is 0 Å². The summed E-state index contributed by atoms with van der Waals surface area (Å²) < 4.78 is 33.5. The van der Waals surface area contributed by atoms with E-state index in [4.69, 9.17) is 0 Å². The molecule has 0 amide bonds. The number of halogens is 3. The number of hydrogen-bond donors (Lipinski definition) is 0. The maximum atomic E-state index is 11.2. The van der Waals surface area contributed by atoms with Crippen LogP contribution in [0.1, 0.15) is 6.92 Å². The molecule has 0 bridgehead atoms. The zero-order valence-corrected chi connectivity index (χ0v) is 4.70. The van der Waals surface area contributed by atoms with Crippen molar-refractivity contribution in [3.8, 4) is 0 Å². The summed E-state index contributed by atoms with van der Waals surface area (Å²) >= 11 is 0. The Labute approximate surface area is 50.2 Å². The summed E-state index contributed by atoms with van der Waals surface area (Å²) in [5, 5.41) is 0. The van der Waals surface area contributed by atoms with E-state index in [0.717, 1.165) is 6.92 Å². The normalized spacial score (nSPS) is 12.4. The Morgan fingerprint density at radius 2 is 1.89 bits per heavy atom. The van der Waals surface area contributed by atoms with Crippen LogP contribution in [0.4, 0.5) is 13.2 Å². The Morgan fingerprint density at radius 3 is 2.00 bits per heavy atom. The monoisotopic (exact) mass is 138 g/mol. The molecule has 0 aromatic carbocycles. The molecule has 0 rings (SSSR count). The lowest BCUT2D eigenvalue weighted by Crippen LogP contribution is -2.01. The third-order valence-corrected chi connectivity index (χ3v) is 0.507. The second-order valence-corrected chi connectivity index (χ2v) is 1.49. The molecule has 0 aromatic heterocycles. The molecule has 0 unspecified atom stereocenters. The maximum Gasteiger partial charge on any atom is 0.409 e. The van der Waals surface area contributed by atoms with Crippen molar-refractivity contribution >= 4 is 5.78 Å². The van der Waals surface area contributed by atoms with Gasteiger partial charge in [-0.25, -0.2) is 0 Å². The first-order valence-corrected chi connectivity index (χ1v) is 2.18. The number of allylic oxidation sites excluding steroid dienone is 2. The molecule has 0 radical (unpaired) electrons. The minimum Gasteiger partial charge on any atom is -0.295 e. The number of hydrogen-bond acceptors (Lipinski definition) is 1. The standard InChI is InChI=1S/C5H5F3O/c1-4(9)2-3-5(6,7)8/h2-3H,1H3/b3-2+. The van der Waals surface area contributed by atoms with Crippen LogP contribution in [0.15, 0.2) is 12.2 Å². The zero-order valence-electron chi connectivity index (χ0n) is 4.70. The summed E-state index contributed by atoms with van der Waals surface area (Å²) in [7, 11) is 0. The van der Waals surface area contributed by atoms with Gasteiger partial charge in [0.05, 0.1) is 0 Å². The molecule has 0 aliphatic carbocycles. The largest absolute Gasteiger partial charge is 0.409 e. The first-order chi connectivity index (χ1) is 3.92. The van der Waals surface area contributed by atoms with Crippen molar-refractivity contribution in [2.45, 2.75) is 13.1 Å². The third kappa shape index (κ3) is 7.20. The molecule has 4 heteroatoms. The van der Waals surface area contributed by atoms with Gasteiger partial charge in [0.1, 0.15) is 0 Å². The molecule has 0 heterocycles. The van der Waals surface area contributed by atoms with Crippen LogP contribution in [0.2, 0.25) is 0 Å².